The smallest absolute Gasteiger partial charge is 0.302 e. The molecule has 1 amide bonds. The van der Waals surface area contributed by atoms with E-state index in [2.05, 4.69) is 32.2 Å². The molecule has 2 aliphatic rings. The Morgan fingerprint density at radius 3 is 2.73 bits per heavy atom. The summed E-state index contributed by atoms with van der Waals surface area (Å²) in [6.07, 6.45) is 3.05. The lowest BCUT2D eigenvalue weighted by atomic mass is 10.0. The molecule has 1 aromatic rings. The van der Waals surface area contributed by atoms with Crippen LogP contribution in [0.2, 0.25) is 0 Å². The number of hydrogen-bond acceptors (Lipinski definition) is 4. The van der Waals surface area contributed by atoms with Gasteiger partial charge in [0.1, 0.15) is 6.10 Å². The number of esters is 1. The molecule has 0 unspecified atom stereocenters. The van der Waals surface area contributed by atoms with E-state index in [4.69, 9.17) is 4.74 Å². The molecule has 1 N–H and O–H groups in total. The molecule has 1 saturated heterocycles. The van der Waals surface area contributed by atoms with Crippen LogP contribution in [-0.4, -0.2) is 31.1 Å². The lowest BCUT2D eigenvalue weighted by Crippen LogP contribution is -2.38. The summed E-state index contributed by atoms with van der Waals surface area (Å²) >= 11 is 3.61. The summed E-state index contributed by atoms with van der Waals surface area (Å²) in [7, 11) is 0. The number of rotatable bonds is 2. The first-order valence-corrected chi connectivity index (χ1v) is 8.36. The number of benzene rings is 1. The highest BCUT2D eigenvalue weighted by atomic mass is 79.9. The van der Waals surface area contributed by atoms with Crippen molar-refractivity contribution in [3.8, 4) is 0 Å². The first-order chi connectivity index (χ1) is 10.5. The first kappa shape index (κ1) is 15.3. The number of piperidine rings is 1. The highest BCUT2D eigenvalue weighted by molar-refractivity contribution is 9.10. The second-order valence-electron chi connectivity index (χ2n) is 5.80. The van der Waals surface area contributed by atoms with Gasteiger partial charge in [-0.05, 0) is 40.0 Å². The number of anilines is 2. The van der Waals surface area contributed by atoms with Crippen molar-refractivity contribution in [2.24, 2.45) is 0 Å². The maximum atomic E-state index is 11.5. The van der Waals surface area contributed by atoms with Gasteiger partial charge in [-0.15, -0.1) is 0 Å². The van der Waals surface area contributed by atoms with Gasteiger partial charge in [0.15, 0.2) is 0 Å². The van der Waals surface area contributed by atoms with E-state index in [1.54, 1.807) is 0 Å². The number of ether oxygens (including phenoxy) is 1. The van der Waals surface area contributed by atoms with Crippen molar-refractivity contribution >= 4 is 39.2 Å². The molecule has 3 rings (SSSR count). The Labute approximate surface area is 138 Å². The summed E-state index contributed by atoms with van der Waals surface area (Å²) in [5, 5.41) is 2.91. The fraction of sp³-hybridized carbons (Fsp3) is 0.500. The normalized spacial score (nSPS) is 18.6. The second-order valence-corrected chi connectivity index (χ2v) is 6.66. The average Bonchev–Trinajstić information content (AvgIpc) is 2.47. The quantitative estimate of drug-likeness (QED) is 0.817. The Morgan fingerprint density at radius 2 is 2.05 bits per heavy atom. The number of carbonyl (C=O) groups is 2. The van der Waals surface area contributed by atoms with Gasteiger partial charge in [-0.1, -0.05) is 0 Å². The number of amides is 1. The van der Waals surface area contributed by atoms with Gasteiger partial charge in [0.2, 0.25) is 5.91 Å². The highest BCUT2D eigenvalue weighted by Crippen LogP contribution is 2.36. The Hall–Kier alpha value is -1.56. The molecule has 6 heteroatoms. The molecular formula is C16H19BrN2O3. The zero-order chi connectivity index (χ0) is 15.7. The van der Waals surface area contributed by atoms with Crippen LogP contribution in [0, 0.1) is 0 Å². The van der Waals surface area contributed by atoms with E-state index in [1.807, 2.05) is 6.07 Å². The number of fused-ring (bicyclic) bond motifs is 1. The van der Waals surface area contributed by atoms with E-state index in [-0.39, 0.29) is 18.0 Å². The molecule has 118 valence electrons. The Balaban J connectivity index is 1.73. The molecule has 2 aliphatic heterocycles. The van der Waals surface area contributed by atoms with Crippen molar-refractivity contribution in [1.82, 2.24) is 0 Å². The molecule has 0 aromatic heterocycles. The number of nitrogens with one attached hydrogen (secondary N) is 1. The third-order valence-electron chi connectivity index (χ3n) is 4.18. The Kier molecular flexibility index (Phi) is 4.38. The second kappa shape index (κ2) is 6.28. The highest BCUT2D eigenvalue weighted by Gasteiger charge is 2.24. The summed E-state index contributed by atoms with van der Waals surface area (Å²) in [4.78, 5) is 24.8. The minimum atomic E-state index is -0.204. The zero-order valence-corrected chi connectivity index (χ0v) is 14.1. The molecule has 0 saturated carbocycles. The molecule has 1 aromatic carbocycles. The molecule has 0 atom stereocenters. The lowest BCUT2D eigenvalue weighted by Gasteiger charge is -2.34. The van der Waals surface area contributed by atoms with Gasteiger partial charge in [-0.3, -0.25) is 9.59 Å². The molecule has 1 fully saturated rings. The third-order valence-corrected chi connectivity index (χ3v) is 4.82. The summed E-state index contributed by atoms with van der Waals surface area (Å²) < 4.78 is 6.27. The van der Waals surface area contributed by atoms with E-state index in [0.717, 1.165) is 48.2 Å². The molecule has 5 nitrogen and oxygen atoms in total. The number of aryl methyl sites for hydroxylation is 1. The number of hydrogen-bond donors (Lipinski definition) is 1. The van der Waals surface area contributed by atoms with Crippen LogP contribution in [0.25, 0.3) is 0 Å². The third kappa shape index (κ3) is 3.27. The van der Waals surface area contributed by atoms with Gasteiger partial charge in [0.05, 0.1) is 5.69 Å². The van der Waals surface area contributed by atoms with Gasteiger partial charge in [0.25, 0.3) is 0 Å². The predicted octanol–water partition coefficient (Wildman–Crippen LogP) is 2.87. The van der Waals surface area contributed by atoms with Crippen LogP contribution in [0.5, 0.6) is 0 Å². The summed E-state index contributed by atoms with van der Waals surface area (Å²) in [6, 6.07) is 4.14. The van der Waals surface area contributed by atoms with Crippen LogP contribution < -0.4 is 10.2 Å². The minimum absolute atomic E-state index is 0.0319. The summed E-state index contributed by atoms with van der Waals surface area (Å²) in [5.74, 6) is -0.126. The Morgan fingerprint density at radius 1 is 1.32 bits per heavy atom. The van der Waals surface area contributed by atoms with E-state index >= 15 is 0 Å². The zero-order valence-electron chi connectivity index (χ0n) is 12.5. The fourth-order valence-corrected chi connectivity index (χ4v) is 3.67. The van der Waals surface area contributed by atoms with Crippen molar-refractivity contribution in [3.05, 3.63) is 22.2 Å². The SMILES string of the molecule is CC(=O)OC1CCN(c2cc3c(cc2Br)NC(=O)CC3)CC1. The van der Waals surface area contributed by atoms with Crippen LogP contribution in [-0.2, 0) is 20.7 Å². The van der Waals surface area contributed by atoms with Crippen molar-refractivity contribution in [2.45, 2.75) is 38.7 Å². The summed E-state index contributed by atoms with van der Waals surface area (Å²) in [5.41, 5.74) is 3.23. The molecule has 2 heterocycles. The van der Waals surface area contributed by atoms with Crippen LogP contribution in [0.3, 0.4) is 0 Å². The van der Waals surface area contributed by atoms with Crippen LogP contribution in [0.15, 0.2) is 16.6 Å². The van der Waals surface area contributed by atoms with Gasteiger partial charge >= 0.3 is 5.97 Å². The van der Waals surface area contributed by atoms with Crippen molar-refractivity contribution < 1.29 is 14.3 Å². The average molecular weight is 367 g/mol. The fourth-order valence-electron chi connectivity index (χ4n) is 3.08. The van der Waals surface area contributed by atoms with E-state index in [9.17, 15) is 9.59 Å². The van der Waals surface area contributed by atoms with Crippen molar-refractivity contribution in [3.63, 3.8) is 0 Å². The molecule has 0 bridgehead atoms. The molecule has 22 heavy (non-hydrogen) atoms. The number of halogens is 1. The van der Waals surface area contributed by atoms with Crippen LogP contribution in [0.1, 0.15) is 31.7 Å². The van der Waals surface area contributed by atoms with Crippen molar-refractivity contribution in [2.75, 3.05) is 23.3 Å². The summed E-state index contributed by atoms with van der Waals surface area (Å²) in [6.45, 7) is 3.18. The van der Waals surface area contributed by atoms with Gasteiger partial charge < -0.3 is 15.0 Å². The van der Waals surface area contributed by atoms with Crippen LogP contribution in [0.4, 0.5) is 11.4 Å². The first-order valence-electron chi connectivity index (χ1n) is 7.57. The predicted molar refractivity (Wildman–Crippen MR) is 88.1 cm³/mol. The molecular weight excluding hydrogens is 348 g/mol. The van der Waals surface area contributed by atoms with E-state index in [0.29, 0.717) is 6.42 Å². The number of nitrogens with zero attached hydrogens (tertiary/aromatic N) is 1. The van der Waals surface area contributed by atoms with E-state index < -0.39 is 0 Å². The van der Waals surface area contributed by atoms with Gasteiger partial charge in [0, 0.05) is 49.4 Å². The van der Waals surface area contributed by atoms with Crippen molar-refractivity contribution in [1.29, 1.82) is 0 Å². The van der Waals surface area contributed by atoms with Crippen LogP contribution >= 0.6 is 15.9 Å². The number of carbonyl (C=O) groups excluding carboxylic acids is 2. The molecule has 0 radical (unpaired) electrons. The molecule has 0 spiro atoms. The Bertz CT molecular complexity index is 610. The van der Waals surface area contributed by atoms with E-state index in [1.165, 1.54) is 12.5 Å². The largest absolute Gasteiger partial charge is 0.462 e. The standard InChI is InChI=1S/C16H19BrN2O3/c1-10(20)22-12-4-6-19(7-5-12)15-8-11-2-3-16(21)18-14(11)9-13(15)17/h8-9,12H,2-7H2,1H3,(H,18,21). The van der Waals surface area contributed by atoms with Gasteiger partial charge in [-0.2, -0.15) is 0 Å². The van der Waals surface area contributed by atoms with Gasteiger partial charge in [-0.25, -0.2) is 0 Å². The minimum Gasteiger partial charge on any atom is -0.462 e. The lowest BCUT2D eigenvalue weighted by molar-refractivity contribution is -0.147. The molecule has 0 aliphatic carbocycles. The monoisotopic (exact) mass is 366 g/mol. The topological polar surface area (TPSA) is 58.6 Å². The maximum absolute atomic E-state index is 11.5. The maximum Gasteiger partial charge on any atom is 0.302 e.